The van der Waals surface area contributed by atoms with Gasteiger partial charge in [-0.15, -0.1) is 0 Å². The molecular weight excluding hydrogens is 210 g/mol. The van der Waals surface area contributed by atoms with Crippen molar-refractivity contribution in [1.82, 2.24) is 4.90 Å². The number of amides is 2. The van der Waals surface area contributed by atoms with Gasteiger partial charge in [0.25, 0.3) is 5.91 Å². The average molecular weight is 227 g/mol. The van der Waals surface area contributed by atoms with E-state index in [0.717, 1.165) is 4.90 Å². The summed E-state index contributed by atoms with van der Waals surface area (Å²) in [5, 5.41) is 8.40. The van der Waals surface area contributed by atoms with Crippen LogP contribution in [0.4, 0.5) is 0 Å². The maximum Gasteiger partial charge on any atom is 0.303 e. The molecule has 0 aromatic heterocycles. The van der Waals surface area contributed by atoms with Gasteiger partial charge in [-0.3, -0.25) is 19.3 Å². The zero-order chi connectivity index (χ0) is 12.4. The molecule has 0 aromatic carbocycles. The third-order valence-electron chi connectivity index (χ3n) is 2.01. The lowest BCUT2D eigenvalue weighted by molar-refractivity contribution is -0.137. The summed E-state index contributed by atoms with van der Waals surface area (Å²) < 4.78 is 0. The highest BCUT2D eigenvalue weighted by molar-refractivity contribution is 5.94. The van der Waals surface area contributed by atoms with Crippen LogP contribution in [0.15, 0.2) is 12.2 Å². The van der Waals surface area contributed by atoms with Crippen LogP contribution < -0.4 is 0 Å². The van der Waals surface area contributed by atoms with E-state index in [2.05, 4.69) is 0 Å². The van der Waals surface area contributed by atoms with Crippen LogP contribution in [0.25, 0.3) is 0 Å². The number of aliphatic carboxylic acids is 1. The first-order chi connectivity index (χ1) is 7.61. The summed E-state index contributed by atoms with van der Waals surface area (Å²) in [5.41, 5.74) is 0. The van der Waals surface area contributed by atoms with E-state index in [-0.39, 0.29) is 12.3 Å². The van der Waals surface area contributed by atoms with Crippen molar-refractivity contribution in [2.75, 3.05) is 6.54 Å². The third kappa shape index (κ3) is 6.75. The van der Waals surface area contributed by atoms with Crippen molar-refractivity contribution in [3.05, 3.63) is 12.2 Å². The number of imide groups is 1. The number of carbonyl (C=O) groups is 3. The quantitative estimate of drug-likeness (QED) is 0.384. The Balaban J connectivity index is 3.75. The highest BCUT2D eigenvalue weighted by Gasteiger charge is 2.08. The van der Waals surface area contributed by atoms with Crippen molar-refractivity contribution in [2.24, 2.45) is 0 Å². The fraction of sp³-hybridized carbons (Fsp3) is 0.545. The maximum absolute atomic E-state index is 11.3. The number of carboxylic acid groups (broad SMARTS) is 1. The maximum atomic E-state index is 11.3. The van der Waals surface area contributed by atoms with Crippen LogP contribution in [-0.2, 0) is 14.4 Å². The molecule has 0 spiro atoms. The standard InChI is InChI=1S/C11H17NO4/c1-2-6-10(14)12(9-13)8-5-3-4-7-11(15)16/h2,6,9H,3-5,7-8H2,1H3,(H,15,16)/b6-2-. The summed E-state index contributed by atoms with van der Waals surface area (Å²) in [6.07, 6.45) is 5.42. The molecule has 0 aliphatic carbocycles. The second kappa shape index (κ2) is 8.64. The van der Waals surface area contributed by atoms with Crippen molar-refractivity contribution in [2.45, 2.75) is 32.6 Å². The normalized spacial score (nSPS) is 10.3. The van der Waals surface area contributed by atoms with Gasteiger partial charge in [-0.1, -0.05) is 12.5 Å². The molecule has 0 saturated carbocycles. The lowest BCUT2D eigenvalue weighted by Gasteiger charge is -2.12. The van der Waals surface area contributed by atoms with Crippen molar-refractivity contribution in [1.29, 1.82) is 0 Å². The molecule has 0 saturated heterocycles. The molecule has 90 valence electrons. The van der Waals surface area contributed by atoms with Gasteiger partial charge in [-0.25, -0.2) is 0 Å². The fourth-order valence-corrected chi connectivity index (χ4v) is 1.19. The SMILES string of the molecule is C/C=C\C(=O)N(C=O)CCCCCC(=O)O. The average Bonchev–Trinajstić information content (AvgIpc) is 2.23. The van der Waals surface area contributed by atoms with E-state index in [0.29, 0.717) is 32.2 Å². The smallest absolute Gasteiger partial charge is 0.303 e. The molecule has 0 aromatic rings. The molecule has 0 fully saturated rings. The summed E-state index contributed by atoms with van der Waals surface area (Å²) in [5.74, 6) is -1.16. The molecule has 0 radical (unpaired) electrons. The minimum Gasteiger partial charge on any atom is -0.481 e. The number of hydrogen-bond acceptors (Lipinski definition) is 3. The number of allylic oxidation sites excluding steroid dienone is 1. The molecular formula is C11H17NO4. The number of carbonyl (C=O) groups excluding carboxylic acids is 2. The predicted molar refractivity (Wildman–Crippen MR) is 58.7 cm³/mol. The predicted octanol–water partition coefficient (Wildman–Crippen LogP) is 1.19. The van der Waals surface area contributed by atoms with Crippen molar-refractivity contribution in [3.8, 4) is 0 Å². The Morgan fingerprint density at radius 3 is 2.44 bits per heavy atom. The number of carboxylic acids is 1. The Morgan fingerprint density at radius 2 is 1.94 bits per heavy atom. The Hall–Kier alpha value is -1.65. The van der Waals surface area contributed by atoms with Crippen LogP contribution in [0.5, 0.6) is 0 Å². The molecule has 0 aliphatic heterocycles. The summed E-state index contributed by atoms with van der Waals surface area (Å²) >= 11 is 0. The van der Waals surface area contributed by atoms with Crippen molar-refractivity contribution < 1.29 is 19.5 Å². The Kier molecular flexibility index (Phi) is 7.75. The second-order valence-electron chi connectivity index (χ2n) is 3.34. The summed E-state index contributed by atoms with van der Waals surface area (Å²) in [6.45, 7) is 2.04. The van der Waals surface area contributed by atoms with Gasteiger partial charge in [0, 0.05) is 13.0 Å². The lowest BCUT2D eigenvalue weighted by Crippen LogP contribution is -2.28. The molecule has 0 rings (SSSR count). The van der Waals surface area contributed by atoms with E-state index < -0.39 is 5.97 Å². The third-order valence-corrected chi connectivity index (χ3v) is 2.01. The first kappa shape index (κ1) is 14.3. The van der Waals surface area contributed by atoms with E-state index in [1.54, 1.807) is 13.0 Å². The minimum atomic E-state index is -0.822. The van der Waals surface area contributed by atoms with Gasteiger partial charge in [-0.05, 0) is 25.8 Å². The van der Waals surface area contributed by atoms with Crippen LogP contribution in [0.3, 0.4) is 0 Å². The summed E-state index contributed by atoms with van der Waals surface area (Å²) in [4.78, 5) is 33.1. The summed E-state index contributed by atoms with van der Waals surface area (Å²) in [6, 6.07) is 0. The molecule has 2 amide bonds. The van der Waals surface area contributed by atoms with Gasteiger partial charge in [0.15, 0.2) is 0 Å². The lowest BCUT2D eigenvalue weighted by atomic mass is 10.2. The van der Waals surface area contributed by atoms with Gasteiger partial charge in [0.05, 0.1) is 0 Å². The Morgan fingerprint density at radius 1 is 1.25 bits per heavy atom. The second-order valence-corrected chi connectivity index (χ2v) is 3.34. The number of hydrogen-bond donors (Lipinski definition) is 1. The molecule has 0 bridgehead atoms. The van der Waals surface area contributed by atoms with Gasteiger partial charge in [-0.2, -0.15) is 0 Å². The number of unbranched alkanes of at least 4 members (excludes halogenated alkanes) is 2. The van der Waals surface area contributed by atoms with E-state index in [1.165, 1.54) is 6.08 Å². The van der Waals surface area contributed by atoms with Crippen LogP contribution in [0.1, 0.15) is 32.6 Å². The van der Waals surface area contributed by atoms with Gasteiger partial charge < -0.3 is 5.11 Å². The molecule has 0 aliphatic rings. The monoisotopic (exact) mass is 227 g/mol. The Bertz CT molecular complexity index is 273. The largest absolute Gasteiger partial charge is 0.481 e. The first-order valence-electron chi connectivity index (χ1n) is 5.22. The molecule has 1 N–H and O–H groups in total. The molecule has 5 nitrogen and oxygen atoms in total. The van der Waals surface area contributed by atoms with E-state index >= 15 is 0 Å². The van der Waals surface area contributed by atoms with Gasteiger partial charge >= 0.3 is 5.97 Å². The van der Waals surface area contributed by atoms with Crippen molar-refractivity contribution in [3.63, 3.8) is 0 Å². The molecule has 5 heteroatoms. The number of nitrogens with zero attached hydrogens (tertiary/aromatic N) is 1. The van der Waals surface area contributed by atoms with E-state index in [4.69, 9.17) is 5.11 Å². The Labute approximate surface area is 94.7 Å². The van der Waals surface area contributed by atoms with E-state index in [1.807, 2.05) is 0 Å². The van der Waals surface area contributed by atoms with Crippen LogP contribution >= 0.6 is 0 Å². The van der Waals surface area contributed by atoms with Gasteiger partial charge in [0.2, 0.25) is 6.41 Å². The van der Waals surface area contributed by atoms with E-state index in [9.17, 15) is 14.4 Å². The minimum absolute atomic E-state index is 0.129. The topological polar surface area (TPSA) is 74.7 Å². The highest BCUT2D eigenvalue weighted by Crippen LogP contribution is 2.01. The van der Waals surface area contributed by atoms with Crippen LogP contribution in [-0.4, -0.2) is 34.8 Å². The molecule has 0 unspecified atom stereocenters. The highest BCUT2D eigenvalue weighted by atomic mass is 16.4. The fourth-order valence-electron chi connectivity index (χ4n) is 1.19. The molecule has 0 atom stereocenters. The number of rotatable bonds is 8. The molecule has 16 heavy (non-hydrogen) atoms. The van der Waals surface area contributed by atoms with Crippen LogP contribution in [0, 0.1) is 0 Å². The van der Waals surface area contributed by atoms with Crippen molar-refractivity contribution >= 4 is 18.3 Å². The molecule has 0 heterocycles. The zero-order valence-electron chi connectivity index (χ0n) is 9.39. The van der Waals surface area contributed by atoms with Crippen LogP contribution in [0.2, 0.25) is 0 Å². The first-order valence-corrected chi connectivity index (χ1v) is 5.22. The summed E-state index contributed by atoms with van der Waals surface area (Å²) in [7, 11) is 0. The zero-order valence-corrected chi connectivity index (χ0v) is 9.39. The van der Waals surface area contributed by atoms with Gasteiger partial charge in [0.1, 0.15) is 0 Å².